The van der Waals surface area contributed by atoms with Crippen molar-refractivity contribution in [3.8, 4) is 0 Å². The largest absolute Gasteiger partial charge is 0.390 e. The van der Waals surface area contributed by atoms with E-state index < -0.39 is 18.0 Å². The molecule has 0 heterocycles. The van der Waals surface area contributed by atoms with E-state index in [9.17, 15) is 14.6 Å². The summed E-state index contributed by atoms with van der Waals surface area (Å²) in [6.45, 7) is -0.334. The van der Waals surface area contributed by atoms with Crippen LogP contribution in [-0.4, -0.2) is 22.9 Å². The van der Waals surface area contributed by atoms with Gasteiger partial charge in [0.15, 0.2) is 0 Å². The standard InChI is InChI=1S/C9H9ClFN3O2/c10-5-1-2-6(7(11)3-5)9(16)8(15)4-13-14-12/h1-3,8-9,15-16H,4H2. The number of azide groups is 1. The second-order valence-electron chi connectivity index (χ2n) is 3.09. The third-order valence-corrected chi connectivity index (χ3v) is 2.21. The molecule has 0 amide bonds. The summed E-state index contributed by atoms with van der Waals surface area (Å²) in [5, 5.41) is 22.2. The second-order valence-corrected chi connectivity index (χ2v) is 3.53. The number of aliphatic hydroxyl groups is 2. The van der Waals surface area contributed by atoms with Crippen LogP contribution in [0.2, 0.25) is 5.02 Å². The van der Waals surface area contributed by atoms with Crippen molar-refractivity contribution in [3.05, 3.63) is 45.0 Å². The molecule has 0 spiro atoms. The van der Waals surface area contributed by atoms with E-state index >= 15 is 0 Å². The summed E-state index contributed by atoms with van der Waals surface area (Å²) in [7, 11) is 0. The molecule has 5 nitrogen and oxygen atoms in total. The maximum Gasteiger partial charge on any atom is 0.130 e. The molecule has 2 unspecified atom stereocenters. The van der Waals surface area contributed by atoms with Crippen molar-refractivity contribution in [1.82, 2.24) is 0 Å². The van der Waals surface area contributed by atoms with Gasteiger partial charge in [0, 0.05) is 15.5 Å². The normalized spacial score (nSPS) is 14.0. The maximum absolute atomic E-state index is 13.3. The highest BCUT2D eigenvalue weighted by molar-refractivity contribution is 6.30. The quantitative estimate of drug-likeness (QED) is 0.484. The van der Waals surface area contributed by atoms with Crippen molar-refractivity contribution in [2.75, 3.05) is 6.54 Å². The van der Waals surface area contributed by atoms with Crippen LogP contribution in [0.15, 0.2) is 23.3 Å². The van der Waals surface area contributed by atoms with Crippen molar-refractivity contribution in [2.45, 2.75) is 12.2 Å². The van der Waals surface area contributed by atoms with Crippen LogP contribution in [0.5, 0.6) is 0 Å². The van der Waals surface area contributed by atoms with Gasteiger partial charge < -0.3 is 10.2 Å². The molecule has 86 valence electrons. The van der Waals surface area contributed by atoms with E-state index in [1.807, 2.05) is 0 Å². The highest BCUT2D eigenvalue weighted by atomic mass is 35.5. The van der Waals surface area contributed by atoms with E-state index in [-0.39, 0.29) is 17.1 Å². The Morgan fingerprint density at radius 1 is 1.50 bits per heavy atom. The number of rotatable bonds is 4. The molecule has 2 atom stereocenters. The Morgan fingerprint density at radius 3 is 2.75 bits per heavy atom. The minimum absolute atomic E-state index is 0.0926. The fourth-order valence-electron chi connectivity index (χ4n) is 1.17. The molecule has 2 N–H and O–H groups in total. The zero-order valence-corrected chi connectivity index (χ0v) is 8.84. The van der Waals surface area contributed by atoms with Gasteiger partial charge in [-0.3, -0.25) is 0 Å². The van der Waals surface area contributed by atoms with Crippen LogP contribution in [-0.2, 0) is 0 Å². The molecule has 16 heavy (non-hydrogen) atoms. The predicted molar refractivity (Wildman–Crippen MR) is 56.4 cm³/mol. The van der Waals surface area contributed by atoms with Crippen LogP contribution in [0.3, 0.4) is 0 Å². The molecule has 0 saturated carbocycles. The molecule has 0 radical (unpaired) electrons. The highest BCUT2D eigenvalue weighted by Crippen LogP contribution is 2.23. The summed E-state index contributed by atoms with van der Waals surface area (Å²) < 4.78 is 13.3. The summed E-state index contributed by atoms with van der Waals surface area (Å²) in [5.41, 5.74) is 7.94. The molecule has 0 aliphatic rings. The Kier molecular flexibility index (Phi) is 4.52. The van der Waals surface area contributed by atoms with E-state index in [2.05, 4.69) is 10.0 Å². The molecule has 0 bridgehead atoms. The molecule has 0 fully saturated rings. The third kappa shape index (κ3) is 3.08. The second kappa shape index (κ2) is 5.67. The SMILES string of the molecule is [N-]=[N+]=NCC(O)C(O)c1ccc(Cl)cc1F. The first kappa shape index (κ1) is 12.7. The van der Waals surface area contributed by atoms with E-state index in [0.29, 0.717) is 0 Å². The lowest BCUT2D eigenvalue weighted by molar-refractivity contribution is 0.0222. The molecular formula is C9H9ClFN3O2. The molecule has 0 aliphatic heterocycles. The van der Waals surface area contributed by atoms with Crippen molar-refractivity contribution < 1.29 is 14.6 Å². The van der Waals surface area contributed by atoms with Crippen molar-refractivity contribution in [1.29, 1.82) is 0 Å². The van der Waals surface area contributed by atoms with E-state index in [4.69, 9.17) is 17.1 Å². The van der Waals surface area contributed by atoms with E-state index in [1.54, 1.807) is 0 Å². The number of aliphatic hydroxyl groups excluding tert-OH is 2. The average Bonchev–Trinajstić information content (AvgIpc) is 2.25. The molecule has 0 aliphatic carbocycles. The van der Waals surface area contributed by atoms with Gasteiger partial charge in [0.2, 0.25) is 0 Å². The third-order valence-electron chi connectivity index (χ3n) is 1.98. The zero-order chi connectivity index (χ0) is 12.1. The molecular weight excluding hydrogens is 237 g/mol. The number of hydrogen-bond donors (Lipinski definition) is 2. The van der Waals surface area contributed by atoms with Crippen molar-refractivity contribution >= 4 is 11.6 Å². The smallest absolute Gasteiger partial charge is 0.130 e. The number of nitrogens with zero attached hydrogens (tertiary/aromatic N) is 3. The first-order valence-electron chi connectivity index (χ1n) is 4.38. The molecule has 7 heteroatoms. The minimum atomic E-state index is -1.46. The Bertz CT molecular complexity index is 423. The maximum atomic E-state index is 13.3. The Labute approximate surface area is 95.7 Å². The van der Waals surface area contributed by atoms with Gasteiger partial charge in [-0.1, -0.05) is 22.8 Å². The van der Waals surface area contributed by atoms with Gasteiger partial charge in [-0.15, -0.1) is 0 Å². The van der Waals surface area contributed by atoms with Crippen LogP contribution >= 0.6 is 11.6 Å². The van der Waals surface area contributed by atoms with Gasteiger partial charge >= 0.3 is 0 Å². The van der Waals surface area contributed by atoms with Crippen LogP contribution in [0, 0.1) is 5.82 Å². The number of halogens is 2. The topological polar surface area (TPSA) is 89.2 Å². The lowest BCUT2D eigenvalue weighted by Crippen LogP contribution is -2.22. The van der Waals surface area contributed by atoms with Gasteiger partial charge in [-0.2, -0.15) is 0 Å². The van der Waals surface area contributed by atoms with Crippen LogP contribution in [0.1, 0.15) is 11.7 Å². The van der Waals surface area contributed by atoms with E-state index in [1.165, 1.54) is 12.1 Å². The monoisotopic (exact) mass is 245 g/mol. The molecule has 1 rings (SSSR count). The van der Waals surface area contributed by atoms with Crippen molar-refractivity contribution in [2.24, 2.45) is 5.11 Å². The Balaban J connectivity index is 2.86. The predicted octanol–water partition coefficient (Wildman–Crippen LogP) is 2.18. The average molecular weight is 246 g/mol. The highest BCUT2D eigenvalue weighted by Gasteiger charge is 2.20. The summed E-state index contributed by atoms with van der Waals surface area (Å²) >= 11 is 5.53. The molecule has 1 aromatic carbocycles. The number of hydrogen-bond acceptors (Lipinski definition) is 3. The lowest BCUT2D eigenvalue weighted by Gasteiger charge is -2.16. The fraction of sp³-hybridized carbons (Fsp3) is 0.333. The summed E-state index contributed by atoms with van der Waals surface area (Å²) in [4.78, 5) is 2.43. The molecule has 0 aromatic heterocycles. The van der Waals surface area contributed by atoms with Crippen molar-refractivity contribution in [3.63, 3.8) is 0 Å². The van der Waals surface area contributed by atoms with E-state index in [0.717, 1.165) is 6.07 Å². The molecule has 0 saturated heterocycles. The van der Waals surface area contributed by atoms with Crippen LogP contribution in [0.4, 0.5) is 4.39 Å². The van der Waals surface area contributed by atoms with Gasteiger partial charge in [0.1, 0.15) is 11.9 Å². The van der Waals surface area contributed by atoms with Crippen LogP contribution < -0.4 is 0 Å². The van der Waals surface area contributed by atoms with Gasteiger partial charge in [-0.05, 0) is 17.7 Å². The Hall–Kier alpha value is -1.33. The summed E-state index contributed by atoms with van der Waals surface area (Å²) in [6.07, 6.45) is -2.81. The van der Waals surface area contributed by atoms with Gasteiger partial charge in [0.25, 0.3) is 0 Å². The zero-order valence-electron chi connectivity index (χ0n) is 8.09. The summed E-state index contributed by atoms with van der Waals surface area (Å²) in [6, 6.07) is 3.69. The lowest BCUT2D eigenvalue weighted by atomic mass is 10.0. The minimum Gasteiger partial charge on any atom is -0.390 e. The first-order valence-corrected chi connectivity index (χ1v) is 4.76. The summed E-state index contributed by atoms with van der Waals surface area (Å²) in [5.74, 6) is -0.722. The fourth-order valence-corrected chi connectivity index (χ4v) is 1.33. The van der Waals surface area contributed by atoms with Crippen LogP contribution in [0.25, 0.3) is 10.4 Å². The first-order chi connectivity index (χ1) is 7.56. The number of benzene rings is 1. The van der Waals surface area contributed by atoms with Gasteiger partial charge in [0.05, 0.1) is 12.6 Å². The van der Waals surface area contributed by atoms with Gasteiger partial charge in [-0.25, -0.2) is 4.39 Å². The Morgan fingerprint density at radius 2 is 2.19 bits per heavy atom. The molecule has 1 aromatic rings.